The molecule has 7 rings (SSSR count). The number of rotatable bonds is 5. The normalized spacial score (nSPS) is 16.1. The molecular weight excluding hydrogens is 1130 g/mol. The number of hydrogen-bond donors (Lipinski definition) is 2. The van der Waals surface area contributed by atoms with Crippen molar-refractivity contribution in [3.05, 3.63) is 201 Å². The van der Waals surface area contributed by atoms with Crippen LogP contribution in [-0.2, 0) is 43.8 Å². The van der Waals surface area contributed by atoms with E-state index in [0.717, 1.165) is 33.4 Å². The number of benzene rings is 6. The smallest absolute Gasteiger partial charge is 0.872 e. The Hall–Kier alpha value is -5.35. The van der Waals surface area contributed by atoms with Crippen molar-refractivity contribution in [2.75, 3.05) is 13.2 Å². The second kappa shape index (κ2) is 33.8. The number of fused-ring (bicyclic) bond motifs is 4. The first-order chi connectivity index (χ1) is 33.8. The Kier molecular flexibility index (Phi) is 32.4. The van der Waals surface area contributed by atoms with E-state index in [-0.39, 0.29) is 85.0 Å². The molecule has 0 fully saturated rings. The first kappa shape index (κ1) is 73.7. The topological polar surface area (TPSA) is 415 Å². The predicted octanol–water partition coefficient (Wildman–Crippen LogP) is -2.24. The Bertz CT molecular complexity index is 2390. The third kappa shape index (κ3) is 24.9. The molecule has 0 saturated carbocycles. The predicted molar refractivity (Wildman–Crippen MR) is 261 cm³/mol. The van der Waals surface area contributed by atoms with Gasteiger partial charge in [0.1, 0.15) is 24.2 Å². The van der Waals surface area contributed by atoms with Crippen molar-refractivity contribution in [1.82, 2.24) is 0 Å². The summed E-state index contributed by atoms with van der Waals surface area (Å²) in [6, 6.07) is 45.7. The fourth-order valence-corrected chi connectivity index (χ4v) is 7.24. The Morgan fingerprint density at radius 3 is 0.688 bits per heavy atom. The molecule has 0 amide bonds. The zero-order valence-electron chi connectivity index (χ0n) is 42.5. The third-order valence-corrected chi connectivity index (χ3v) is 10.8. The average Bonchev–Trinajstić information content (AvgIpc) is 3.31. The number of hydrogen-bond acceptors (Lipinski definition) is 16. The monoisotopic (exact) mass is 1190 g/mol. The van der Waals surface area contributed by atoms with E-state index in [2.05, 4.69) is 41.5 Å². The quantitative estimate of drug-likeness (QED) is 0.173. The number of aliphatic imine (C=N–C) groups is 4. The summed E-state index contributed by atoms with van der Waals surface area (Å²) >= 11 is 0. The maximum atomic E-state index is 14.5. The van der Waals surface area contributed by atoms with Gasteiger partial charge in [-0.25, -0.2) is 37.3 Å². The second-order valence-corrected chi connectivity index (χ2v) is 19.7. The average molecular weight is 1200 g/mol. The zero-order valence-corrected chi connectivity index (χ0v) is 46.0. The maximum absolute atomic E-state index is 14.5. The summed E-state index contributed by atoms with van der Waals surface area (Å²) in [5, 5.41) is 44.3. The molecule has 1 heterocycles. The van der Waals surface area contributed by atoms with Crippen LogP contribution in [0.3, 0.4) is 0 Å². The van der Waals surface area contributed by atoms with Gasteiger partial charge in [0.2, 0.25) is 0 Å². The van der Waals surface area contributed by atoms with Gasteiger partial charge in [0, 0.05) is 24.9 Å². The summed E-state index contributed by atoms with van der Waals surface area (Å²) in [6.07, 6.45) is 6.79. The van der Waals surface area contributed by atoms with Gasteiger partial charge in [0.05, 0.1) is 13.2 Å². The molecule has 6 aromatic rings. The maximum Gasteiger partial charge on any atom is 2.00 e. The number of aliphatic hydroxyl groups excluding tert-OH is 2. The van der Waals surface area contributed by atoms with Crippen LogP contribution in [-0.4, -0.2) is 64.7 Å². The van der Waals surface area contributed by atoms with Crippen LogP contribution in [0.25, 0.3) is 0 Å². The van der Waals surface area contributed by atoms with E-state index in [1.54, 1.807) is 24.9 Å². The van der Waals surface area contributed by atoms with Gasteiger partial charge in [-0.2, -0.15) is 0 Å². The molecule has 4 bridgehead atoms. The van der Waals surface area contributed by atoms with Crippen LogP contribution in [0.1, 0.15) is 121 Å². The van der Waals surface area contributed by atoms with Gasteiger partial charge >= 0.3 is 33.0 Å². The summed E-state index contributed by atoms with van der Waals surface area (Å²) in [5.74, 6) is -0.332. The Morgan fingerprint density at radius 1 is 0.377 bits per heavy atom. The standard InChI is InChI=1S/C52H52N4O2.C2H6O2.2ClHO4.2Ni.3H2O/c1-51(2,3)43-27-39-31-53-45(35-19-11-7-12-20-35)47(37-23-15-9-16-24-37)55-33-41-29-44(52(4,5)6)30-42(50(41)58)34-56-48(38-25-17-10-18-26-38)46(36-21-13-8-14-22-36)54-32-40(28-43)49(39)57;3-1-2-4;2*2-1(3,4)5;;;;;/h7-34,45-48,57-58H,1-6H3;3-4H,1-2H2;2*(H,2,3,4,5);;;3*1H2/q;;;;2*+2;;;/p-4/t45-,46-,47-,48-;;;;;;;;/m0......../s1. The molecule has 23 heteroatoms. The van der Waals surface area contributed by atoms with Crippen molar-refractivity contribution in [2.45, 2.75) is 76.5 Å². The second-order valence-electron chi connectivity index (χ2n) is 18.2. The fourth-order valence-electron chi connectivity index (χ4n) is 7.24. The van der Waals surface area contributed by atoms with Gasteiger partial charge in [-0.15, -0.1) is 20.5 Å². The van der Waals surface area contributed by atoms with E-state index < -0.39 is 44.7 Å². The SMILES string of the molecule is CC(C)(C)c1cc2c([O-])c(c1)C=N[C@@H](c1ccccc1)[C@H](c1ccccc1)N=Cc1cc(C(C)(C)C)cc(c1[O-])C=N[C@@H](c1ccccc1)[C@H](c1ccccc1)N=C2.O.O.O.OCCO.[Ni+2].[Ni+2].[O-][Cl+3]([O-])([O-])[O-].[O-][Cl+3]([O-])([O-])[O-]. The Morgan fingerprint density at radius 2 is 0.545 bits per heavy atom. The molecule has 0 spiro atoms. The van der Waals surface area contributed by atoms with E-state index in [9.17, 15) is 10.2 Å². The molecule has 0 unspecified atom stereocenters. The molecule has 8 N–H and O–H groups in total. The number of nitrogens with zero attached hydrogens (tertiary/aromatic N) is 4. The van der Waals surface area contributed by atoms with Crippen LogP contribution in [0.5, 0.6) is 11.5 Å². The molecule has 0 radical (unpaired) electrons. The van der Waals surface area contributed by atoms with E-state index in [1.807, 2.05) is 146 Å². The van der Waals surface area contributed by atoms with Crippen LogP contribution in [0.2, 0.25) is 0 Å². The molecule has 0 saturated heterocycles. The molecule has 4 atom stereocenters. The Labute approximate surface area is 472 Å². The first-order valence-corrected chi connectivity index (χ1v) is 24.7. The molecule has 422 valence electrons. The number of halogens is 2. The molecule has 6 aromatic carbocycles. The van der Waals surface area contributed by atoms with Gasteiger partial charge in [0.25, 0.3) is 0 Å². The van der Waals surface area contributed by atoms with Crippen LogP contribution in [0, 0.1) is 20.5 Å². The van der Waals surface area contributed by atoms with Gasteiger partial charge in [-0.1, -0.05) is 199 Å². The molecule has 0 aliphatic carbocycles. The van der Waals surface area contributed by atoms with Gasteiger partial charge in [-0.05, 0) is 66.5 Å². The minimum atomic E-state index is -4.94. The molecule has 19 nitrogen and oxygen atoms in total. The van der Waals surface area contributed by atoms with Crippen LogP contribution in [0.4, 0.5) is 0 Å². The molecule has 0 aromatic heterocycles. The van der Waals surface area contributed by atoms with Crippen LogP contribution >= 0.6 is 0 Å². The zero-order chi connectivity index (χ0) is 53.3. The van der Waals surface area contributed by atoms with Crippen LogP contribution < -0.4 is 47.5 Å². The summed E-state index contributed by atoms with van der Waals surface area (Å²) in [4.78, 5) is 20.9. The Balaban J connectivity index is 0. The summed E-state index contributed by atoms with van der Waals surface area (Å²) < 4.78 is 67.9. The summed E-state index contributed by atoms with van der Waals surface area (Å²) in [6.45, 7) is 12.6. The van der Waals surface area contributed by atoms with Crippen molar-refractivity contribution in [2.24, 2.45) is 20.0 Å². The van der Waals surface area contributed by atoms with Crippen molar-refractivity contribution in [3.8, 4) is 11.5 Å². The molecular formula is C54H62Cl2N4Ni2O15. The fraction of sp³-hybridized carbons (Fsp3) is 0.259. The van der Waals surface area contributed by atoms with Gasteiger partial charge < -0.3 is 36.9 Å². The molecule has 1 aliphatic rings. The summed E-state index contributed by atoms with van der Waals surface area (Å²) in [7, 11) is -9.89. The van der Waals surface area contributed by atoms with Gasteiger partial charge in [-0.3, -0.25) is 20.0 Å². The van der Waals surface area contributed by atoms with E-state index in [4.69, 9.17) is 67.5 Å². The minimum absolute atomic E-state index is 0. The molecule has 1 aliphatic heterocycles. The van der Waals surface area contributed by atoms with Crippen molar-refractivity contribution in [3.63, 3.8) is 0 Å². The number of aliphatic hydroxyl groups is 2. The van der Waals surface area contributed by atoms with Crippen molar-refractivity contribution >= 4 is 24.9 Å². The van der Waals surface area contributed by atoms with E-state index in [1.165, 1.54) is 0 Å². The summed E-state index contributed by atoms with van der Waals surface area (Å²) in [5.41, 5.74) is 7.00. The van der Waals surface area contributed by atoms with Gasteiger partial charge in [0.15, 0.2) is 0 Å². The minimum Gasteiger partial charge on any atom is -0.872 e. The molecule has 77 heavy (non-hydrogen) atoms. The van der Waals surface area contributed by atoms with E-state index >= 15 is 0 Å². The van der Waals surface area contributed by atoms with E-state index in [0.29, 0.717) is 22.3 Å². The van der Waals surface area contributed by atoms with Crippen molar-refractivity contribution in [1.29, 1.82) is 0 Å². The van der Waals surface area contributed by atoms with Crippen molar-refractivity contribution < 1.29 is 128 Å². The third-order valence-electron chi connectivity index (χ3n) is 10.8. The van der Waals surface area contributed by atoms with Crippen LogP contribution in [0.15, 0.2) is 166 Å². The largest absolute Gasteiger partial charge is 2.00 e. The first-order valence-electron chi connectivity index (χ1n) is 22.3.